The van der Waals surface area contributed by atoms with Gasteiger partial charge in [0.2, 0.25) is 11.8 Å². The van der Waals surface area contributed by atoms with Crippen LogP contribution in [0, 0.1) is 12.8 Å². The molecule has 0 aromatic carbocycles. The Morgan fingerprint density at radius 3 is 2.84 bits per heavy atom. The Hall–Kier alpha value is -1.36. The monoisotopic (exact) mass is 265 g/mol. The molecule has 2 rings (SSSR count). The first-order valence-corrected chi connectivity index (χ1v) is 7.08. The van der Waals surface area contributed by atoms with Gasteiger partial charge in [0.1, 0.15) is 5.76 Å². The number of amides is 1. The minimum Gasteiger partial charge on any atom is -0.445 e. The Kier molecular flexibility index (Phi) is 4.96. The van der Waals surface area contributed by atoms with Gasteiger partial charge in [-0.05, 0) is 25.7 Å². The molecule has 1 amide bonds. The molecule has 3 N–H and O–H groups in total. The molecule has 1 heterocycles. The summed E-state index contributed by atoms with van der Waals surface area (Å²) in [6.45, 7) is 2.43. The van der Waals surface area contributed by atoms with Crippen molar-refractivity contribution < 1.29 is 9.21 Å². The fourth-order valence-electron chi connectivity index (χ4n) is 2.86. The summed E-state index contributed by atoms with van der Waals surface area (Å²) in [5, 5.41) is 3.39. The third kappa shape index (κ3) is 4.35. The minimum atomic E-state index is -0.244. The second-order valence-corrected chi connectivity index (χ2v) is 5.42. The highest BCUT2D eigenvalue weighted by Crippen LogP contribution is 2.27. The number of rotatable bonds is 6. The van der Waals surface area contributed by atoms with E-state index in [1.165, 1.54) is 32.1 Å². The van der Waals surface area contributed by atoms with Crippen LogP contribution in [0.2, 0.25) is 0 Å². The second-order valence-electron chi connectivity index (χ2n) is 5.42. The fraction of sp³-hybridized carbons (Fsp3) is 0.714. The summed E-state index contributed by atoms with van der Waals surface area (Å²) in [4.78, 5) is 15.4. The molecule has 19 heavy (non-hydrogen) atoms. The van der Waals surface area contributed by atoms with E-state index >= 15 is 0 Å². The largest absolute Gasteiger partial charge is 0.445 e. The molecular formula is C14H23N3O2. The highest BCUT2D eigenvalue weighted by Gasteiger charge is 2.25. The Balaban J connectivity index is 1.90. The number of hydrogen-bond donors (Lipinski definition) is 2. The van der Waals surface area contributed by atoms with Gasteiger partial charge < -0.3 is 15.5 Å². The SMILES string of the molecule is Cc1cnc(CN[C@@H](CC(N)=O)C2CCCCC2)o1. The number of nitrogens with two attached hydrogens (primary N) is 1. The fourth-order valence-corrected chi connectivity index (χ4v) is 2.86. The van der Waals surface area contributed by atoms with E-state index in [1.807, 2.05) is 6.92 Å². The van der Waals surface area contributed by atoms with E-state index < -0.39 is 0 Å². The van der Waals surface area contributed by atoms with Gasteiger partial charge in [0.25, 0.3) is 0 Å². The summed E-state index contributed by atoms with van der Waals surface area (Å²) in [5.41, 5.74) is 5.36. The number of carbonyl (C=O) groups is 1. The number of carbonyl (C=O) groups excluding carboxylic acids is 1. The van der Waals surface area contributed by atoms with Crippen molar-refractivity contribution in [1.82, 2.24) is 10.3 Å². The molecule has 1 fully saturated rings. The van der Waals surface area contributed by atoms with Crippen LogP contribution in [0.5, 0.6) is 0 Å². The molecule has 1 atom stereocenters. The second kappa shape index (κ2) is 6.70. The average molecular weight is 265 g/mol. The zero-order valence-corrected chi connectivity index (χ0v) is 11.5. The van der Waals surface area contributed by atoms with Gasteiger partial charge in [0.05, 0.1) is 12.7 Å². The number of nitrogens with zero attached hydrogens (tertiary/aromatic N) is 1. The van der Waals surface area contributed by atoms with Gasteiger partial charge in [0, 0.05) is 12.5 Å². The van der Waals surface area contributed by atoms with Gasteiger partial charge in [-0.1, -0.05) is 19.3 Å². The molecule has 1 aromatic rings. The Morgan fingerprint density at radius 1 is 1.53 bits per heavy atom. The number of oxazole rings is 1. The molecule has 0 unspecified atom stereocenters. The van der Waals surface area contributed by atoms with Crippen molar-refractivity contribution in [2.24, 2.45) is 11.7 Å². The summed E-state index contributed by atoms with van der Waals surface area (Å²) in [7, 11) is 0. The molecule has 1 aromatic heterocycles. The highest BCUT2D eigenvalue weighted by molar-refractivity contribution is 5.74. The molecular weight excluding hydrogens is 242 g/mol. The van der Waals surface area contributed by atoms with Crippen LogP contribution >= 0.6 is 0 Å². The standard InChI is InChI=1S/C14H23N3O2/c1-10-8-17-14(19-10)9-16-12(7-13(15)18)11-5-3-2-4-6-11/h8,11-12,16H,2-7,9H2,1H3,(H2,15,18)/t12-/m0/s1. The van der Waals surface area contributed by atoms with Crippen molar-refractivity contribution in [3.63, 3.8) is 0 Å². The van der Waals surface area contributed by atoms with E-state index in [2.05, 4.69) is 10.3 Å². The number of nitrogens with one attached hydrogen (secondary N) is 1. The first kappa shape index (κ1) is 14.1. The number of aromatic nitrogens is 1. The topological polar surface area (TPSA) is 81.1 Å². The van der Waals surface area contributed by atoms with Crippen LogP contribution < -0.4 is 11.1 Å². The lowest BCUT2D eigenvalue weighted by Gasteiger charge is -2.30. The normalized spacial score (nSPS) is 18.4. The lowest BCUT2D eigenvalue weighted by Crippen LogP contribution is -2.40. The van der Waals surface area contributed by atoms with Crippen LogP contribution in [-0.4, -0.2) is 16.9 Å². The van der Waals surface area contributed by atoms with Gasteiger partial charge in [-0.3, -0.25) is 4.79 Å². The third-order valence-corrected chi connectivity index (χ3v) is 3.82. The molecule has 0 saturated heterocycles. The van der Waals surface area contributed by atoms with Crippen LogP contribution in [0.4, 0.5) is 0 Å². The summed E-state index contributed by atoms with van der Waals surface area (Å²) in [6, 6.07) is 0.144. The molecule has 1 aliphatic rings. The van der Waals surface area contributed by atoms with Crippen LogP contribution in [0.1, 0.15) is 50.2 Å². The zero-order valence-electron chi connectivity index (χ0n) is 11.5. The van der Waals surface area contributed by atoms with Crippen molar-refractivity contribution in [2.45, 2.75) is 58.0 Å². The predicted octanol–water partition coefficient (Wildman–Crippen LogP) is 1.90. The van der Waals surface area contributed by atoms with E-state index in [9.17, 15) is 4.79 Å². The summed E-state index contributed by atoms with van der Waals surface area (Å²) >= 11 is 0. The lowest BCUT2D eigenvalue weighted by atomic mass is 9.82. The van der Waals surface area contributed by atoms with Gasteiger partial charge in [-0.25, -0.2) is 4.98 Å². The van der Waals surface area contributed by atoms with Crippen molar-refractivity contribution in [1.29, 1.82) is 0 Å². The van der Waals surface area contributed by atoms with Crippen LogP contribution in [0.3, 0.4) is 0 Å². The first-order chi connectivity index (χ1) is 9.15. The van der Waals surface area contributed by atoms with E-state index in [-0.39, 0.29) is 11.9 Å². The molecule has 1 saturated carbocycles. The molecule has 5 heteroatoms. The van der Waals surface area contributed by atoms with Crippen LogP contribution in [0.15, 0.2) is 10.6 Å². The van der Waals surface area contributed by atoms with Gasteiger partial charge in [0.15, 0.2) is 0 Å². The maximum Gasteiger partial charge on any atom is 0.218 e. The van der Waals surface area contributed by atoms with Gasteiger partial charge in [-0.2, -0.15) is 0 Å². The Labute approximate surface area is 114 Å². The Bertz CT molecular complexity index is 411. The molecule has 1 aliphatic carbocycles. The zero-order chi connectivity index (χ0) is 13.7. The van der Waals surface area contributed by atoms with Crippen LogP contribution in [0.25, 0.3) is 0 Å². The Morgan fingerprint density at radius 2 is 2.26 bits per heavy atom. The molecule has 106 valence electrons. The molecule has 0 aliphatic heterocycles. The van der Waals surface area contributed by atoms with Crippen molar-refractivity contribution >= 4 is 5.91 Å². The smallest absolute Gasteiger partial charge is 0.218 e. The van der Waals surface area contributed by atoms with E-state index in [0.29, 0.717) is 24.8 Å². The quantitative estimate of drug-likeness (QED) is 0.823. The molecule has 0 bridgehead atoms. The van der Waals surface area contributed by atoms with E-state index in [0.717, 1.165) is 5.76 Å². The number of hydrogen-bond acceptors (Lipinski definition) is 4. The average Bonchev–Trinajstić information content (AvgIpc) is 2.81. The van der Waals surface area contributed by atoms with Crippen molar-refractivity contribution in [3.05, 3.63) is 17.8 Å². The molecule has 0 radical (unpaired) electrons. The molecule has 0 spiro atoms. The predicted molar refractivity (Wildman–Crippen MR) is 72.3 cm³/mol. The van der Waals surface area contributed by atoms with Crippen molar-refractivity contribution in [3.8, 4) is 0 Å². The number of primary amides is 1. The van der Waals surface area contributed by atoms with Gasteiger partial charge >= 0.3 is 0 Å². The molecule has 5 nitrogen and oxygen atoms in total. The van der Waals surface area contributed by atoms with Crippen LogP contribution in [-0.2, 0) is 11.3 Å². The summed E-state index contributed by atoms with van der Waals surface area (Å²) in [5.74, 6) is 1.77. The summed E-state index contributed by atoms with van der Waals surface area (Å²) in [6.07, 6.45) is 8.26. The first-order valence-electron chi connectivity index (χ1n) is 7.08. The highest BCUT2D eigenvalue weighted by atomic mass is 16.4. The summed E-state index contributed by atoms with van der Waals surface area (Å²) < 4.78 is 5.44. The van der Waals surface area contributed by atoms with E-state index in [1.54, 1.807) is 6.20 Å². The van der Waals surface area contributed by atoms with Crippen molar-refractivity contribution in [2.75, 3.05) is 0 Å². The number of aryl methyl sites for hydroxylation is 1. The van der Waals surface area contributed by atoms with Gasteiger partial charge in [-0.15, -0.1) is 0 Å². The third-order valence-electron chi connectivity index (χ3n) is 3.82. The maximum absolute atomic E-state index is 11.2. The lowest BCUT2D eigenvalue weighted by molar-refractivity contribution is -0.118. The minimum absolute atomic E-state index is 0.144. The maximum atomic E-state index is 11.2. The van der Waals surface area contributed by atoms with E-state index in [4.69, 9.17) is 10.2 Å².